The van der Waals surface area contributed by atoms with Gasteiger partial charge in [-0.15, -0.1) is 0 Å². The summed E-state index contributed by atoms with van der Waals surface area (Å²) >= 11 is 0. The Hall–Kier alpha value is -0.900. The molecule has 3 N–H and O–H groups in total. The Kier molecular flexibility index (Phi) is 3.93. The molecular formula is C13H20N2O. The standard InChI is InChI=1S/C13H20N2O/c14-13-6-7-15(9-12(13)10-16)8-11-4-2-1-3-5-11/h1-5,12-13,16H,6-10,14H2/t12-,13+/m0/s1. The molecule has 2 rings (SSSR count). The second-order valence-corrected chi connectivity index (χ2v) is 4.62. The zero-order chi connectivity index (χ0) is 11.4. The molecule has 1 aliphatic rings. The van der Waals surface area contributed by atoms with Crippen molar-refractivity contribution in [2.45, 2.75) is 19.0 Å². The quantitative estimate of drug-likeness (QED) is 0.793. The van der Waals surface area contributed by atoms with Crippen LogP contribution < -0.4 is 5.73 Å². The van der Waals surface area contributed by atoms with Gasteiger partial charge in [0.25, 0.3) is 0 Å². The molecule has 1 fully saturated rings. The fourth-order valence-electron chi connectivity index (χ4n) is 2.30. The third kappa shape index (κ3) is 2.82. The lowest BCUT2D eigenvalue weighted by molar-refractivity contribution is 0.0992. The van der Waals surface area contributed by atoms with E-state index < -0.39 is 0 Å². The van der Waals surface area contributed by atoms with Crippen molar-refractivity contribution in [1.29, 1.82) is 0 Å². The van der Waals surface area contributed by atoms with Gasteiger partial charge < -0.3 is 10.8 Å². The minimum Gasteiger partial charge on any atom is -0.396 e. The topological polar surface area (TPSA) is 49.5 Å². The maximum atomic E-state index is 9.24. The predicted molar refractivity (Wildman–Crippen MR) is 64.9 cm³/mol. The lowest BCUT2D eigenvalue weighted by atomic mass is 9.93. The number of nitrogens with two attached hydrogens (primary N) is 1. The summed E-state index contributed by atoms with van der Waals surface area (Å²) in [6, 6.07) is 10.6. The first-order valence-electron chi connectivity index (χ1n) is 5.92. The molecule has 0 aromatic heterocycles. The van der Waals surface area contributed by atoms with E-state index in [2.05, 4.69) is 29.2 Å². The molecule has 1 heterocycles. The number of rotatable bonds is 3. The Labute approximate surface area is 96.9 Å². The van der Waals surface area contributed by atoms with E-state index in [0.717, 1.165) is 26.1 Å². The lowest BCUT2D eigenvalue weighted by Gasteiger charge is -2.36. The van der Waals surface area contributed by atoms with E-state index in [1.54, 1.807) is 0 Å². The van der Waals surface area contributed by atoms with Gasteiger partial charge in [0, 0.05) is 31.7 Å². The van der Waals surface area contributed by atoms with Crippen LogP contribution in [0.15, 0.2) is 30.3 Å². The van der Waals surface area contributed by atoms with Crippen molar-refractivity contribution in [1.82, 2.24) is 4.90 Å². The minimum absolute atomic E-state index is 0.164. The van der Waals surface area contributed by atoms with E-state index in [-0.39, 0.29) is 18.6 Å². The summed E-state index contributed by atoms with van der Waals surface area (Å²) in [6.07, 6.45) is 0.984. The fourth-order valence-corrected chi connectivity index (χ4v) is 2.30. The SMILES string of the molecule is N[C@@H]1CCN(Cc2ccccc2)C[C@H]1CO. The van der Waals surface area contributed by atoms with Gasteiger partial charge in [0.05, 0.1) is 0 Å². The van der Waals surface area contributed by atoms with Crippen molar-refractivity contribution in [3.05, 3.63) is 35.9 Å². The molecule has 88 valence electrons. The molecule has 1 aromatic rings. The Morgan fingerprint density at radius 2 is 2.06 bits per heavy atom. The van der Waals surface area contributed by atoms with E-state index >= 15 is 0 Å². The zero-order valence-corrected chi connectivity index (χ0v) is 9.55. The van der Waals surface area contributed by atoms with E-state index in [4.69, 9.17) is 5.73 Å². The third-order valence-corrected chi connectivity index (χ3v) is 3.36. The molecule has 0 saturated carbocycles. The molecule has 3 heteroatoms. The molecule has 1 aliphatic heterocycles. The van der Waals surface area contributed by atoms with Gasteiger partial charge in [0.15, 0.2) is 0 Å². The van der Waals surface area contributed by atoms with Gasteiger partial charge in [-0.1, -0.05) is 30.3 Å². The zero-order valence-electron chi connectivity index (χ0n) is 9.55. The largest absolute Gasteiger partial charge is 0.396 e. The normalized spacial score (nSPS) is 26.9. The molecule has 0 radical (unpaired) electrons. The number of benzene rings is 1. The first-order valence-corrected chi connectivity index (χ1v) is 5.92. The van der Waals surface area contributed by atoms with E-state index in [0.29, 0.717) is 0 Å². The van der Waals surface area contributed by atoms with Gasteiger partial charge in [-0.05, 0) is 18.5 Å². The predicted octanol–water partition coefficient (Wildman–Crippen LogP) is 0.828. The smallest absolute Gasteiger partial charge is 0.0486 e. The van der Waals surface area contributed by atoms with Gasteiger partial charge in [-0.25, -0.2) is 0 Å². The second kappa shape index (κ2) is 5.43. The number of piperidine rings is 1. The van der Waals surface area contributed by atoms with Gasteiger partial charge in [-0.3, -0.25) is 4.90 Å². The summed E-state index contributed by atoms with van der Waals surface area (Å²) in [6.45, 7) is 3.11. The highest BCUT2D eigenvalue weighted by Gasteiger charge is 2.25. The Morgan fingerprint density at radius 1 is 1.31 bits per heavy atom. The average Bonchev–Trinajstić information content (AvgIpc) is 2.33. The lowest BCUT2D eigenvalue weighted by Crippen LogP contribution is -2.48. The van der Waals surface area contributed by atoms with Gasteiger partial charge >= 0.3 is 0 Å². The van der Waals surface area contributed by atoms with Crippen molar-refractivity contribution in [3.8, 4) is 0 Å². The van der Waals surface area contributed by atoms with Crippen LogP contribution in [0.1, 0.15) is 12.0 Å². The van der Waals surface area contributed by atoms with Crippen LogP contribution in [-0.4, -0.2) is 35.7 Å². The van der Waals surface area contributed by atoms with Crippen LogP contribution in [0.2, 0.25) is 0 Å². The Morgan fingerprint density at radius 3 is 2.75 bits per heavy atom. The van der Waals surface area contributed by atoms with Crippen molar-refractivity contribution >= 4 is 0 Å². The molecule has 1 saturated heterocycles. The van der Waals surface area contributed by atoms with Gasteiger partial charge in [0.1, 0.15) is 0 Å². The number of aliphatic hydroxyl groups excluding tert-OH is 1. The van der Waals surface area contributed by atoms with Crippen molar-refractivity contribution < 1.29 is 5.11 Å². The van der Waals surface area contributed by atoms with Crippen LogP contribution in [0.5, 0.6) is 0 Å². The highest BCUT2D eigenvalue weighted by Crippen LogP contribution is 2.17. The average molecular weight is 220 g/mol. The highest BCUT2D eigenvalue weighted by molar-refractivity contribution is 5.14. The molecule has 0 aliphatic carbocycles. The number of aliphatic hydroxyl groups is 1. The van der Waals surface area contributed by atoms with Gasteiger partial charge in [-0.2, -0.15) is 0 Å². The second-order valence-electron chi connectivity index (χ2n) is 4.62. The molecule has 2 atom stereocenters. The summed E-state index contributed by atoms with van der Waals surface area (Å²) in [5, 5.41) is 9.24. The van der Waals surface area contributed by atoms with Crippen LogP contribution >= 0.6 is 0 Å². The van der Waals surface area contributed by atoms with Crippen LogP contribution in [0.4, 0.5) is 0 Å². The number of likely N-dealkylation sites (tertiary alicyclic amines) is 1. The number of nitrogens with zero attached hydrogens (tertiary/aromatic N) is 1. The highest BCUT2D eigenvalue weighted by atomic mass is 16.3. The maximum absolute atomic E-state index is 9.24. The van der Waals surface area contributed by atoms with Crippen molar-refractivity contribution in [2.75, 3.05) is 19.7 Å². The summed E-state index contributed by atoms with van der Waals surface area (Å²) < 4.78 is 0. The molecule has 0 unspecified atom stereocenters. The molecular weight excluding hydrogens is 200 g/mol. The van der Waals surface area contributed by atoms with Crippen molar-refractivity contribution in [3.63, 3.8) is 0 Å². The van der Waals surface area contributed by atoms with E-state index in [1.165, 1.54) is 5.56 Å². The monoisotopic (exact) mass is 220 g/mol. The van der Waals surface area contributed by atoms with E-state index in [9.17, 15) is 5.11 Å². The van der Waals surface area contributed by atoms with Gasteiger partial charge in [0.2, 0.25) is 0 Å². The molecule has 0 amide bonds. The van der Waals surface area contributed by atoms with Crippen LogP contribution in [0.25, 0.3) is 0 Å². The first kappa shape index (κ1) is 11.6. The maximum Gasteiger partial charge on any atom is 0.0486 e. The summed E-state index contributed by atoms with van der Waals surface area (Å²) in [7, 11) is 0. The molecule has 16 heavy (non-hydrogen) atoms. The van der Waals surface area contributed by atoms with E-state index in [1.807, 2.05) is 6.07 Å². The summed E-state index contributed by atoms with van der Waals surface area (Å²) in [5.74, 6) is 0.234. The van der Waals surface area contributed by atoms with Crippen LogP contribution in [-0.2, 0) is 6.54 Å². The molecule has 3 nitrogen and oxygen atoms in total. The van der Waals surface area contributed by atoms with Crippen LogP contribution in [0.3, 0.4) is 0 Å². The van der Waals surface area contributed by atoms with Crippen molar-refractivity contribution in [2.24, 2.45) is 11.7 Å². The van der Waals surface area contributed by atoms with Crippen LogP contribution in [0, 0.1) is 5.92 Å². The minimum atomic E-state index is 0.164. The Balaban J connectivity index is 1.92. The molecule has 0 spiro atoms. The number of hydrogen-bond donors (Lipinski definition) is 2. The summed E-state index contributed by atoms with van der Waals surface area (Å²) in [5.41, 5.74) is 7.29. The first-order chi connectivity index (χ1) is 7.79. The molecule has 0 bridgehead atoms. The number of hydrogen-bond acceptors (Lipinski definition) is 3. The Bertz CT molecular complexity index is 315. The molecule has 1 aromatic carbocycles. The summed E-state index contributed by atoms with van der Waals surface area (Å²) in [4.78, 5) is 2.37. The fraction of sp³-hybridized carbons (Fsp3) is 0.538. The third-order valence-electron chi connectivity index (χ3n) is 3.36.